The van der Waals surface area contributed by atoms with E-state index >= 15 is 0 Å². The van der Waals surface area contributed by atoms with E-state index in [0.717, 1.165) is 19.3 Å². The summed E-state index contributed by atoms with van der Waals surface area (Å²) in [5.41, 5.74) is 1.12. The predicted octanol–water partition coefficient (Wildman–Crippen LogP) is 2.32. The number of hydrogen-bond acceptors (Lipinski definition) is 3. The van der Waals surface area contributed by atoms with Gasteiger partial charge in [0.1, 0.15) is 0 Å². The topological polar surface area (TPSA) is 89.9 Å². The number of nitrogens with one attached hydrogen (secondary N) is 1. The van der Waals surface area contributed by atoms with Crippen LogP contribution in [0.1, 0.15) is 35.2 Å². The number of carboxylic acid groups (broad SMARTS) is 1. The number of urea groups is 1. The highest BCUT2D eigenvalue weighted by Crippen LogP contribution is 2.21. The number of carboxylic acids is 1. The molecule has 6 heteroatoms. The normalized spacial score (nSPS) is 10.2. The van der Waals surface area contributed by atoms with Gasteiger partial charge < -0.3 is 20.4 Å². The molecule has 3 N–H and O–H groups in total. The van der Waals surface area contributed by atoms with Gasteiger partial charge >= 0.3 is 12.0 Å². The van der Waals surface area contributed by atoms with Crippen LogP contribution in [0.5, 0.6) is 0 Å². The Morgan fingerprint density at radius 1 is 1.24 bits per heavy atom. The second-order valence-electron chi connectivity index (χ2n) is 4.94. The van der Waals surface area contributed by atoms with Gasteiger partial charge in [0.2, 0.25) is 0 Å². The number of para-hydroxylation sites is 1. The van der Waals surface area contributed by atoms with Crippen LogP contribution in [0.4, 0.5) is 10.5 Å². The van der Waals surface area contributed by atoms with Crippen LogP contribution in [0, 0.1) is 6.92 Å². The summed E-state index contributed by atoms with van der Waals surface area (Å²) < 4.78 is 0. The summed E-state index contributed by atoms with van der Waals surface area (Å²) in [5, 5.41) is 20.5. The number of nitrogens with zero attached hydrogens (tertiary/aromatic N) is 1. The molecule has 0 saturated carbocycles. The van der Waals surface area contributed by atoms with E-state index in [1.165, 1.54) is 11.0 Å². The quantitative estimate of drug-likeness (QED) is 0.673. The number of aliphatic hydroxyl groups is 1. The summed E-state index contributed by atoms with van der Waals surface area (Å²) in [6.45, 7) is 2.46. The van der Waals surface area contributed by atoms with Crippen LogP contribution >= 0.6 is 0 Å². The lowest BCUT2D eigenvalue weighted by Gasteiger charge is -2.19. The first-order chi connectivity index (χ1) is 9.97. The van der Waals surface area contributed by atoms with Crippen molar-refractivity contribution in [3.63, 3.8) is 0 Å². The molecule has 1 aromatic rings. The van der Waals surface area contributed by atoms with Gasteiger partial charge in [-0.1, -0.05) is 12.1 Å². The summed E-state index contributed by atoms with van der Waals surface area (Å²) in [5.74, 6) is -1.07. The van der Waals surface area contributed by atoms with Crippen LogP contribution < -0.4 is 5.32 Å². The average Bonchev–Trinajstić information content (AvgIpc) is 2.45. The van der Waals surface area contributed by atoms with Gasteiger partial charge in [-0.3, -0.25) is 0 Å². The number of anilines is 1. The van der Waals surface area contributed by atoms with Gasteiger partial charge in [-0.2, -0.15) is 0 Å². The van der Waals surface area contributed by atoms with Crippen molar-refractivity contribution in [3.8, 4) is 0 Å². The smallest absolute Gasteiger partial charge is 0.337 e. The molecule has 0 radical (unpaired) electrons. The third-order valence-corrected chi connectivity index (χ3v) is 3.23. The Labute approximate surface area is 124 Å². The highest BCUT2D eigenvalue weighted by atomic mass is 16.4. The maximum Gasteiger partial charge on any atom is 0.337 e. The molecule has 1 rings (SSSR count). The van der Waals surface area contributed by atoms with Gasteiger partial charge in [-0.15, -0.1) is 0 Å². The molecule has 0 atom stereocenters. The van der Waals surface area contributed by atoms with Crippen molar-refractivity contribution in [3.05, 3.63) is 29.3 Å². The Balaban J connectivity index is 2.68. The predicted molar refractivity (Wildman–Crippen MR) is 80.7 cm³/mol. The van der Waals surface area contributed by atoms with Crippen molar-refractivity contribution in [2.75, 3.05) is 25.5 Å². The third-order valence-electron chi connectivity index (χ3n) is 3.23. The molecule has 0 unspecified atom stereocenters. The first-order valence-electron chi connectivity index (χ1n) is 6.93. The highest BCUT2D eigenvalue weighted by Gasteiger charge is 2.16. The fourth-order valence-electron chi connectivity index (χ4n) is 1.95. The molecular formula is C15H22N2O4. The lowest BCUT2D eigenvalue weighted by atomic mass is 10.1. The molecule has 0 bridgehead atoms. The molecule has 1 aromatic carbocycles. The number of hydrogen-bond donors (Lipinski definition) is 3. The monoisotopic (exact) mass is 294 g/mol. The maximum absolute atomic E-state index is 12.1. The first kappa shape index (κ1) is 17.0. The molecule has 0 aromatic heterocycles. The molecular weight excluding hydrogens is 272 g/mol. The first-order valence-corrected chi connectivity index (χ1v) is 6.93. The van der Waals surface area contributed by atoms with Crippen molar-refractivity contribution >= 4 is 17.7 Å². The van der Waals surface area contributed by atoms with Gasteiger partial charge in [0.05, 0.1) is 11.3 Å². The van der Waals surface area contributed by atoms with E-state index in [2.05, 4.69) is 5.32 Å². The number of aliphatic hydroxyl groups excluding tert-OH is 1. The average molecular weight is 294 g/mol. The van der Waals surface area contributed by atoms with Crippen LogP contribution in [0.25, 0.3) is 0 Å². The van der Waals surface area contributed by atoms with Crippen LogP contribution in [0.2, 0.25) is 0 Å². The number of unbranched alkanes of at least 4 members (excludes halogenated alkanes) is 2. The summed E-state index contributed by atoms with van der Waals surface area (Å²) in [6, 6.07) is 4.53. The lowest BCUT2D eigenvalue weighted by molar-refractivity contribution is 0.0698. The molecule has 6 nitrogen and oxygen atoms in total. The van der Waals surface area contributed by atoms with E-state index in [1.54, 1.807) is 26.1 Å². The molecule has 116 valence electrons. The number of amides is 2. The third kappa shape index (κ3) is 5.07. The molecule has 0 spiro atoms. The molecule has 0 aliphatic carbocycles. The number of rotatable bonds is 7. The minimum Gasteiger partial charge on any atom is -0.478 e. The van der Waals surface area contributed by atoms with Crippen LogP contribution in [-0.4, -0.2) is 47.3 Å². The van der Waals surface area contributed by atoms with Gasteiger partial charge in [-0.25, -0.2) is 9.59 Å². The second-order valence-corrected chi connectivity index (χ2v) is 4.94. The van der Waals surface area contributed by atoms with Gasteiger partial charge in [0.15, 0.2) is 0 Å². The fraction of sp³-hybridized carbons (Fsp3) is 0.467. The van der Waals surface area contributed by atoms with Crippen molar-refractivity contribution in [2.45, 2.75) is 26.2 Å². The maximum atomic E-state index is 12.1. The second kappa shape index (κ2) is 8.26. The number of aryl methyl sites for hydroxylation is 1. The molecule has 0 aliphatic heterocycles. The molecule has 0 aliphatic rings. The number of carbonyl (C=O) groups excluding carboxylic acids is 1. The van der Waals surface area contributed by atoms with E-state index in [0.29, 0.717) is 17.8 Å². The Morgan fingerprint density at radius 3 is 2.57 bits per heavy atom. The molecule has 0 heterocycles. The number of aromatic carboxylic acids is 1. The SMILES string of the molecule is Cc1cccc(C(=O)O)c1NC(=O)N(C)CCCCCO. The summed E-state index contributed by atoms with van der Waals surface area (Å²) in [6.07, 6.45) is 2.36. The summed E-state index contributed by atoms with van der Waals surface area (Å²) in [4.78, 5) is 24.8. The van der Waals surface area contributed by atoms with Crippen LogP contribution in [0.15, 0.2) is 18.2 Å². The molecule has 21 heavy (non-hydrogen) atoms. The van der Waals surface area contributed by atoms with Gasteiger partial charge in [0, 0.05) is 20.2 Å². The fourth-order valence-corrected chi connectivity index (χ4v) is 1.95. The molecule has 0 saturated heterocycles. The molecule has 0 fully saturated rings. The van der Waals surface area contributed by atoms with Crippen LogP contribution in [0.3, 0.4) is 0 Å². The Bertz CT molecular complexity index is 502. The van der Waals surface area contributed by atoms with Crippen molar-refractivity contribution in [1.29, 1.82) is 0 Å². The van der Waals surface area contributed by atoms with Crippen LogP contribution in [-0.2, 0) is 0 Å². The standard InChI is InChI=1S/C15H22N2O4/c1-11-7-6-8-12(14(19)20)13(11)16-15(21)17(2)9-4-3-5-10-18/h6-8,18H,3-5,9-10H2,1-2H3,(H,16,21)(H,19,20). The molecule has 2 amide bonds. The van der Waals surface area contributed by atoms with E-state index in [4.69, 9.17) is 10.2 Å². The van der Waals surface area contributed by atoms with E-state index in [9.17, 15) is 9.59 Å². The zero-order valence-electron chi connectivity index (χ0n) is 12.4. The van der Waals surface area contributed by atoms with Crippen molar-refractivity contribution in [2.24, 2.45) is 0 Å². The van der Waals surface area contributed by atoms with Crippen molar-refractivity contribution in [1.82, 2.24) is 4.90 Å². The Kier molecular flexibility index (Phi) is 6.68. The van der Waals surface area contributed by atoms with Gasteiger partial charge in [0.25, 0.3) is 0 Å². The van der Waals surface area contributed by atoms with Gasteiger partial charge in [-0.05, 0) is 37.8 Å². The Hall–Kier alpha value is -2.08. The lowest BCUT2D eigenvalue weighted by Crippen LogP contribution is -2.33. The summed E-state index contributed by atoms with van der Waals surface area (Å²) in [7, 11) is 1.66. The largest absolute Gasteiger partial charge is 0.478 e. The summed E-state index contributed by atoms with van der Waals surface area (Å²) >= 11 is 0. The zero-order chi connectivity index (χ0) is 15.8. The van der Waals surface area contributed by atoms with E-state index in [1.807, 2.05) is 0 Å². The van der Waals surface area contributed by atoms with E-state index < -0.39 is 5.97 Å². The number of benzene rings is 1. The zero-order valence-corrected chi connectivity index (χ0v) is 12.4. The highest BCUT2D eigenvalue weighted by molar-refractivity contribution is 6.00. The van der Waals surface area contributed by atoms with Crippen molar-refractivity contribution < 1.29 is 19.8 Å². The Morgan fingerprint density at radius 2 is 1.95 bits per heavy atom. The van der Waals surface area contributed by atoms with E-state index in [-0.39, 0.29) is 18.2 Å². The number of carbonyl (C=O) groups is 2. The minimum absolute atomic E-state index is 0.0806. The minimum atomic E-state index is -1.07.